The van der Waals surface area contributed by atoms with Crippen molar-refractivity contribution in [2.24, 2.45) is 5.73 Å². The van der Waals surface area contributed by atoms with Gasteiger partial charge in [0, 0.05) is 18.3 Å². The number of hydrogen-bond acceptors (Lipinski definition) is 5. The van der Waals surface area contributed by atoms with Gasteiger partial charge in [0.25, 0.3) is 10.0 Å². The van der Waals surface area contributed by atoms with Crippen molar-refractivity contribution in [1.82, 2.24) is 9.78 Å². The molecule has 2 heterocycles. The molecule has 0 radical (unpaired) electrons. The maximum atomic E-state index is 12.3. The lowest BCUT2D eigenvalue weighted by atomic mass is 10.4. The molecule has 0 unspecified atom stereocenters. The van der Waals surface area contributed by atoms with Gasteiger partial charge < -0.3 is 10.2 Å². The third kappa shape index (κ3) is 2.86. The highest BCUT2D eigenvalue weighted by atomic mass is 32.2. The number of hydrogen-bond donors (Lipinski definition) is 2. The molecule has 0 amide bonds. The molecule has 0 aliphatic rings. The predicted octanol–water partition coefficient (Wildman–Crippen LogP) is 1.62. The number of sulfonamides is 1. The minimum atomic E-state index is -3.70. The van der Waals surface area contributed by atoms with Crippen LogP contribution in [0.15, 0.2) is 27.8 Å². The van der Waals surface area contributed by atoms with Crippen molar-refractivity contribution in [2.75, 3.05) is 4.72 Å². The molecule has 2 aromatic heterocycles. The first kappa shape index (κ1) is 14.6. The van der Waals surface area contributed by atoms with Gasteiger partial charge in [0.15, 0.2) is 0 Å². The molecule has 0 bridgehead atoms. The van der Waals surface area contributed by atoms with Gasteiger partial charge in [0.05, 0.1) is 18.4 Å². The first-order chi connectivity index (χ1) is 9.33. The lowest BCUT2D eigenvalue weighted by Crippen LogP contribution is -2.13. The van der Waals surface area contributed by atoms with Crippen LogP contribution in [0.2, 0.25) is 0 Å². The molecule has 8 heteroatoms. The fraction of sp³-hybridized carbons (Fsp3) is 0.417. The summed E-state index contributed by atoms with van der Waals surface area (Å²) in [5.41, 5.74) is 5.85. The molecule has 110 valence electrons. The Morgan fingerprint density at radius 1 is 1.50 bits per heavy atom. The smallest absolute Gasteiger partial charge is 0.265 e. The Morgan fingerprint density at radius 3 is 2.70 bits per heavy atom. The van der Waals surface area contributed by atoms with Gasteiger partial charge in [0.1, 0.15) is 16.4 Å². The molecule has 7 nitrogen and oxygen atoms in total. The first-order valence-electron chi connectivity index (χ1n) is 6.20. The number of anilines is 1. The van der Waals surface area contributed by atoms with Gasteiger partial charge in [-0.1, -0.05) is 0 Å². The second-order valence-electron chi connectivity index (χ2n) is 4.75. The Labute approximate surface area is 117 Å². The van der Waals surface area contributed by atoms with Crippen molar-refractivity contribution in [2.45, 2.75) is 38.3 Å². The molecule has 20 heavy (non-hydrogen) atoms. The second-order valence-corrected chi connectivity index (χ2v) is 6.40. The molecular formula is C12H18N4O3S. The van der Waals surface area contributed by atoms with Gasteiger partial charge in [0.2, 0.25) is 0 Å². The summed E-state index contributed by atoms with van der Waals surface area (Å²) in [4.78, 5) is 0.0928. The minimum absolute atomic E-state index is 0.0928. The van der Waals surface area contributed by atoms with Crippen LogP contribution < -0.4 is 10.5 Å². The quantitative estimate of drug-likeness (QED) is 0.873. The monoisotopic (exact) mass is 298 g/mol. The van der Waals surface area contributed by atoms with Gasteiger partial charge in [-0.05, 0) is 20.8 Å². The van der Waals surface area contributed by atoms with Gasteiger partial charge in [-0.25, -0.2) is 8.42 Å². The summed E-state index contributed by atoms with van der Waals surface area (Å²) in [5, 5.41) is 4.08. The van der Waals surface area contributed by atoms with Crippen LogP contribution in [0.3, 0.4) is 0 Å². The molecule has 0 aromatic carbocycles. The largest absolute Gasteiger partial charge is 0.464 e. The van der Waals surface area contributed by atoms with E-state index in [-0.39, 0.29) is 17.5 Å². The highest BCUT2D eigenvalue weighted by molar-refractivity contribution is 7.92. The highest BCUT2D eigenvalue weighted by Gasteiger charge is 2.21. The minimum Gasteiger partial charge on any atom is -0.464 e. The zero-order valence-corrected chi connectivity index (χ0v) is 12.4. The van der Waals surface area contributed by atoms with E-state index in [0.717, 1.165) is 0 Å². The molecule has 0 saturated heterocycles. The standard InChI is InChI=1S/C12H18N4O3S/c1-8(2)16-7-10(6-14-16)15-20(17,18)12-4-11(5-13)19-9(12)3/h4,6-8,15H,5,13H2,1-3H3. The van der Waals surface area contributed by atoms with Crippen molar-refractivity contribution < 1.29 is 12.8 Å². The topological polar surface area (TPSA) is 103 Å². The molecule has 2 aromatic rings. The van der Waals surface area contributed by atoms with Crippen LogP contribution in [-0.2, 0) is 16.6 Å². The van der Waals surface area contributed by atoms with Gasteiger partial charge in [-0.3, -0.25) is 9.40 Å². The summed E-state index contributed by atoms with van der Waals surface area (Å²) in [6.45, 7) is 5.66. The summed E-state index contributed by atoms with van der Waals surface area (Å²) in [5.74, 6) is 0.745. The van der Waals surface area contributed by atoms with E-state index in [1.807, 2.05) is 13.8 Å². The number of nitrogens with zero attached hydrogens (tertiary/aromatic N) is 2. The fourth-order valence-corrected chi connectivity index (χ4v) is 3.01. The molecule has 0 atom stereocenters. The number of rotatable bonds is 5. The number of furan rings is 1. The SMILES string of the molecule is Cc1oc(CN)cc1S(=O)(=O)Nc1cnn(C(C)C)c1. The maximum absolute atomic E-state index is 12.3. The number of aryl methyl sites for hydroxylation is 1. The van der Waals surface area contributed by atoms with Crippen molar-refractivity contribution >= 4 is 15.7 Å². The number of aromatic nitrogens is 2. The van der Waals surface area contributed by atoms with E-state index in [1.54, 1.807) is 17.8 Å². The van der Waals surface area contributed by atoms with Crippen molar-refractivity contribution in [3.8, 4) is 0 Å². The third-order valence-electron chi connectivity index (χ3n) is 2.80. The van der Waals surface area contributed by atoms with E-state index >= 15 is 0 Å². The second kappa shape index (κ2) is 5.29. The molecular weight excluding hydrogens is 280 g/mol. The normalized spacial score (nSPS) is 12.1. The molecule has 3 N–H and O–H groups in total. The van der Waals surface area contributed by atoms with Crippen LogP contribution >= 0.6 is 0 Å². The zero-order chi connectivity index (χ0) is 14.9. The lowest BCUT2D eigenvalue weighted by molar-refractivity contribution is 0.479. The molecule has 0 aliphatic heterocycles. The van der Waals surface area contributed by atoms with Crippen LogP contribution in [0.1, 0.15) is 31.4 Å². The average molecular weight is 298 g/mol. The Hall–Kier alpha value is -1.80. The summed E-state index contributed by atoms with van der Waals surface area (Å²) >= 11 is 0. The van der Waals surface area contributed by atoms with E-state index in [9.17, 15) is 8.42 Å². The zero-order valence-electron chi connectivity index (χ0n) is 11.6. The predicted molar refractivity (Wildman–Crippen MR) is 74.8 cm³/mol. The van der Waals surface area contributed by atoms with Crippen molar-refractivity contribution in [3.63, 3.8) is 0 Å². The Kier molecular flexibility index (Phi) is 3.87. The van der Waals surface area contributed by atoms with Crippen molar-refractivity contribution in [1.29, 1.82) is 0 Å². The Bertz CT molecular complexity index is 700. The van der Waals surface area contributed by atoms with Crippen molar-refractivity contribution in [3.05, 3.63) is 30.0 Å². The summed E-state index contributed by atoms with van der Waals surface area (Å²) < 4.78 is 34.0. The van der Waals surface area contributed by atoms with Crippen LogP contribution in [0.5, 0.6) is 0 Å². The molecule has 0 fully saturated rings. The molecule has 0 saturated carbocycles. The van der Waals surface area contributed by atoms with Gasteiger partial charge in [-0.15, -0.1) is 0 Å². The number of nitrogens with two attached hydrogens (primary N) is 1. The Morgan fingerprint density at radius 2 is 2.20 bits per heavy atom. The number of nitrogens with one attached hydrogen (secondary N) is 1. The average Bonchev–Trinajstić information content (AvgIpc) is 2.95. The van der Waals surface area contributed by atoms with E-state index in [4.69, 9.17) is 10.2 Å². The summed E-state index contributed by atoms with van der Waals surface area (Å²) in [6, 6.07) is 1.60. The summed E-state index contributed by atoms with van der Waals surface area (Å²) in [6.07, 6.45) is 3.11. The van der Waals surface area contributed by atoms with Crippen LogP contribution in [0.4, 0.5) is 5.69 Å². The lowest BCUT2D eigenvalue weighted by Gasteiger charge is -2.05. The van der Waals surface area contributed by atoms with Crippen LogP contribution in [0, 0.1) is 6.92 Å². The third-order valence-corrected chi connectivity index (χ3v) is 4.29. The van der Waals surface area contributed by atoms with E-state index in [1.165, 1.54) is 12.3 Å². The van der Waals surface area contributed by atoms with Gasteiger partial charge >= 0.3 is 0 Å². The van der Waals surface area contributed by atoms with E-state index in [0.29, 0.717) is 17.2 Å². The fourth-order valence-electron chi connectivity index (χ4n) is 1.77. The van der Waals surface area contributed by atoms with Gasteiger partial charge in [-0.2, -0.15) is 5.10 Å². The highest BCUT2D eigenvalue weighted by Crippen LogP contribution is 2.22. The summed E-state index contributed by atoms with van der Waals surface area (Å²) in [7, 11) is -3.70. The van der Waals surface area contributed by atoms with E-state index < -0.39 is 10.0 Å². The van der Waals surface area contributed by atoms with Crippen LogP contribution in [-0.4, -0.2) is 18.2 Å². The van der Waals surface area contributed by atoms with E-state index in [2.05, 4.69) is 9.82 Å². The Balaban J connectivity index is 2.28. The molecule has 2 rings (SSSR count). The van der Waals surface area contributed by atoms with Crippen LogP contribution in [0.25, 0.3) is 0 Å². The molecule has 0 aliphatic carbocycles. The first-order valence-corrected chi connectivity index (χ1v) is 7.68. The maximum Gasteiger partial charge on any atom is 0.265 e. The molecule has 0 spiro atoms.